The van der Waals surface area contributed by atoms with Crippen molar-refractivity contribution in [1.82, 2.24) is 0 Å². The molecule has 0 fully saturated rings. The van der Waals surface area contributed by atoms with Gasteiger partial charge in [-0.2, -0.15) is 0 Å². The van der Waals surface area contributed by atoms with E-state index >= 15 is 0 Å². The Hall–Kier alpha value is -0.750. The molecule has 0 saturated heterocycles. The molecule has 0 bridgehead atoms. The Labute approximate surface area is 154 Å². The van der Waals surface area contributed by atoms with E-state index in [1.54, 1.807) is 0 Å². The number of rotatable bonds is 8. The summed E-state index contributed by atoms with van der Waals surface area (Å²) in [7, 11) is 0. The molecule has 118 valence electrons. The molecular weight excluding hydrogens is 455 g/mol. The normalized spacial score (nSPS) is 10.5. The van der Waals surface area contributed by atoms with Crippen LogP contribution in [0, 0.1) is 0 Å². The van der Waals surface area contributed by atoms with Gasteiger partial charge in [-0.15, -0.1) is 0 Å². The first-order valence-electron chi connectivity index (χ1n) is 7.42. The molecule has 0 N–H and O–H groups in total. The first-order chi connectivity index (χ1) is 10.7. The quantitative estimate of drug-likeness (QED) is 0.273. The molecule has 0 aliphatic rings. The van der Waals surface area contributed by atoms with E-state index in [0.29, 0.717) is 6.61 Å². The van der Waals surface area contributed by atoms with Gasteiger partial charge in [0.15, 0.2) is 0 Å². The highest BCUT2D eigenvalue weighted by Gasteiger charge is 2.10. The molecule has 0 spiro atoms. The standard InChI is InChI=1S/C18H20BrIO2/c1-2-15-11-16(19)18(12-17(15)21-10-6-9-20)22-13-14-7-4-3-5-8-14/h3-5,7-8,11-12H,2,6,9-10,13H2,1H3. The van der Waals surface area contributed by atoms with Crippen LogP contribution in [0.15, 0.2) is 46.9 Å². The van der Waals surface area contributed by atoms with Crippen molar-refractivity contribution in [2.24, 2.45) is 0 Å². The fourth-order valence-electron chi connectivity index (χ4n) is 2.07. The van der Waals surface area contributed by atoms with E-state index in [1.165, 1.54) is 5.56 Å². The Kier molecular flexibility index (Phi) is 7.52. The van der Waals surface area contributed by atoms with Crippen LogP contribution in [0.4, 0.5) is 0 Å². The van der Waals surface area contributed by atoms with Crippen LogP contribution in [0.25, 0.3) is 0 Å². The average Bonchev–Trinajstić information content (AvgIpc) is 2.55. The van der Waals surface area contributed by atoms with E-state index in [-0.39, 0.29) is 0 Å². The number of hydrogen-bond acceptors (Lipinski definition) is 2. The molecule has 4 heteroatoms. The molecule has 2 rings (SSSR count). The van der Waals surface area contributed by atoms with E-state index < -0.39 is 0 Å². The molecule has 2 aromatic carbocycles. The second-order valence-corrected chi connectivity index (χ2v) is 6.84. The van der Waals surface area contributed by atoms with Gasteiger partial charge in [0.2, 0.25) is 0 Å². The Balaban J connectivity index is 2.10. The lowest BCUT2D eigenvalue weighted by molar-refractivity contribution is 0.292. The van der Waals surface area contributed by atoms with Gasteiger partial charge in [-0.1, -0.05) is 59.8 Å². The van der Waals surface area contributed by atoms with Crippen molar-refractivity contribution >= 4 is 38.5 Å². The van der Waals surface area contributed by atoms with Gasteiger partial charge in [0, 0.05) is 10.5 Å². The van der Waals surface area contributed by atoms with Crippen LogP contribution >= 0.6 is 38.5 Å². The maximum Gasteiger partial charge on any atom is 0.137 e. The molecular formula is C18H20BrIO2. The molecule has 0 aliphatic heterocycles. The number of ether oxygens (including phenoxy) is 2. The van der Waals surface area contributed by atoms with Crippen molar-refractivity contribution in [3.63, 3.8) is 0 Å². The summed E-state index contributed by atoms with van der Waals surface area (Å²) in [6, 6.07) is 14.3. The fourth-order valence-corrected chi connectivity index (χ4v) is 2.89. The van der Waals surface area contributed by atoms with Gasteiger partial charge >= 0.3 is 0 Å². The van der Waals surface area contributed by atoms with Crippen molar-refractivity contribution < 1.29 is 9.47 Å². The van der Waals surface area contributed by atoms with E-state index in [9.17, 15) is 0 Å². The third kappa shape index (κ3) is 5.16. The van der Waals surface area contributed by atoms with Crippen molar-refractivity contribution in [3.05, 3.63) is 58.1 Å². The van der Waals surface area contributed by atoms with Crippen molar-refractivity contribution in [2.75, 3.05) is 11.0 Å². The summed E-state index contributed by atoms with van der Waals surface area (Å²) < 4.78 is 13.9. The zero-order chi connectivity index (χ0) is 15.8. The zero-order valence-electron chi connectivity index (χ0n) is 12.6. The van der Waals surface area contributed by atoms with Gasteiger partial charge in [0.05, 0.1) is 11.1 Å². The summed E-state index contributed by atoms with van der Waals surface area (Å²) in [4.78, 5) is 0. The van der Waals surface area contributed by atoms with Crippen LogP contribution in [-0.4, -0.2) is 11.0 Å². The minimum Gasteiger partial charge on any atom is -0.493 e. The predicted molar refractivity (Wildman–Crippen MR) is 103 cm³/mol. The fraction of sp³-hybridized carbons (Fsp3) is 0.333. The lowest BCUT2D eigenvalue weighted by atomic mass is 10.1. The summed E-state index contributed by atoms with van der Waals surface area (Å²) in [6.07, 6.45) is 2.00. The largest absolute Gasteiger partial charge is 0.493 e. The SMILES string of the molecule is CCc1cc(Br)c(OCc2ccccc2)cc1OCCCI. The number of hydrogen-bond donors (Lipinski definition) is 0. The van der Waals surface area contributed by atoms with Crippen LogP contribution < -0.4 is 9.47 Å². The summed E-state index contributed by atoms with van der Waals surface area (Å²) in [6.45, 7) is 3.44. The maximum absolute atomic E-state index is 5.94. The molecule has 0 aromatic heterocycles. The minimum absolute atomic E-state index is 0.554. The topological polar surface area (TPSA) is 18.5 Å². The molecule has 2 aromatic rings. The number of benzene rings is 2. The van der Waals surface area contributed by atoms with Gasteiger partial charge < -0.3 is 9.47 Å². The summed E-state index contributed by atoms with van der Waals surface area (Å²) in [5, 5.41) is 0. The third-order valence-corrected chi connectivity index (χ3v) is 4.65. The molecule has 0 saturated carbocycles. The zero-order valence-corrected chi connectivity index (χ0v) is 16.4. The van der Waals surface area contributed by atoms with Crippen LogP contribution in [-0.2, 0) is 13.0 Å². The molecule has 2 nitrogen and oxygen atoms in total. The highest BCUT2D eigenvalue weighted by atomic mass is 127. The van der Waals surface area contributed by atoms with Crippen LogP contribution in [0.3, 0.4) is 0 Å². The lowest BCUT2D eigenvalue weighted by Gasteiger charge is -2.15. The molecule has 0 amide bonds. The highest BCUT2D eigenvalue weighted by Crippen LogP contribution is 2.34. The van der Waals surface area contributed by atoms with E-state index in [0.717, 1.165) is 45.4 Å². The van der Waals surface area contributed by atoms with Gasteiger partial charge in [-0.3, -0.25) is 0 Å². The lowest BCUT2D eigenvalue weighted by Crippen LogP contribution is -2.02. The Bertz CT molecular complexity index is 587. The average molecular weight is 475 g/mol. The van der Waals surface area contributed by atoms with E-state index in [1.807, 2.05) is 24.3 Å². The summed E-state index contributed by atoms with van der Waals surface area (Å²) in [5.74, 6) is 1.75. The van der Waals surface area contributed by atoms with E-state index in [4.69, 9.17) is 9.47 Å². The second kappa shape index (κ2) is 9.40. The van der Waals surface area contributed by atoms with Gasteiger partial charge in [-0.05, 0) is 46.0 Å². The molecule has 22 heavy (non-hydrogen) atoms. The van der Waals surface area contributed by atoms with Crippen molar-refractivity contribution in [3.8, 4) is 11.5 Å². The predicted octanol–water partition coefficient (Wildman–Crippen LogP) is 5.79. The summed E-state index contributed by atoms with van der Waals surface area (Å²) in [5.41, 5.74) is 2.36. The Morgan fingerprint density at radius 1 is 1.05 bits per heavy atom. The Morgan fingerprint density at radius 2 is 1.82 bits per heavy atom. The van der Waals surface area contributed by atoms with Crippen LogP contribution in [0.1, 0.15) is 24.5 Å². The molecule has 0 radical (unpaired) electrons. The number of aryl methyl sites for hydroxylation is 1. The van der Waals surface area contributed by atoms with Crippen LogP contribution in [0.2, 0.25) is 0 Å². The second-order valence-electron chi connectivity index (χ2n) is 4.91. The van der Waals surface area contributed by atoms with Gasteiger partial charge in [-0.25, -0.2) is 0 Å². The Morgan fingerprint density at radius 3 is 2.50 bits per heavy atom. The van der Waals surface area contributed by atoms with Crippen molar-refractivity contribution in [2.45, 2.75) is 26.4 Å². The van der Waals surface area contributed by atoms with Gasteiger partial charge in [0.25, 0.3) is 0 Å². The molecule has 0 unspecified atom stereocenters. The molecule has 0 atom stereocenters. The number of alkyl halides is 1. The molecule has 0 heterocycles. The smallest absolute Gasteiger partial charge is 0.137 e. The minimum atomic E-state index is 0.554. The maximum atomic E-state index is 5.94. The first kappa shape index (κ1) is 17.6. The molecule has 0 aliphatic carbocycles. The monoisotopic (exact) mass is 474 g/mol. The van der Waals surface area contributed by atoms with Crippen molar-refractivity contribution in [1.29, 1.82) is 0 Å². The highest BCUT2D eigenvalue weighted by molar-refractivity contribution is 14.1. The number of halogens is 2. The van der Waals surface area contributed by atoms with Gasteiger partial charge in [0.1, 0.15) is 18.1 Å². The summed E-state index contributed by atoms with van der Waals surface area (Å²) >= 11 is 5.96. The van der Waals surface area contributed by atoms with E-state index in [2.05, 4.69) is 63.6 Å². The van der Waals surface area contributed by atoms with Crippen LogP contribution in [0.5, 0.6) is 11.5 Å². The first-order valence-corrected chi connectivity index (χ1v) is 9.74. The third-order valence-electron chi connectivity index (χ3n) is 3.27.